The van der Waals surface area contributed by atoms with Crippen molar-refractivity contribution >= 4 is 40.6 Å². The van der Waals surface area contributed by atoms with Gasteiger partial charge < -0.3 is 25.5 Å². The molecule has 128 valence electrons. The second kappa shape index (κ2) is 5.92. The normalized spacial score (nSPS) is 10.4. The Morgan fingerprint density at radius 2 is 1.04 bits per heavy atom. The molecular weight excluding hydrogens is 340 g/mol. The monoisotopic (exact) mass is 348 g/mol. The Morgan fingerprint density at radius 1 is 0.520 bits per heavy atom. The van der Waals surface area contributed by atoms with Crippen molar-refractivity contribution in [2.24, 2.45) is 0 Å². The quantitative estimate of drug-likeness (QED) is 0.527. The van der Waals surface area contributed by atoms with Crippen LogP contribution in [-0.2, 0) is 0 Å². The second-order valence-electron chi connectivity index (χ2n) is 4.82. The van der Waals surface area contributed by atoms with Gasteiger partial charge in [-0.2, -0.15) is 0 Å². The molecule has 10 heteroatoms. The van der Waals surface area contributed by atoms with Crippen molar-refractivity contribution in [3.05, 3.63) is 46.0 Å². The Balaban J connectivity index is 3.22. The average Bonchev–Trinajstić information content (AvgIpc) is 2.50. The molecule has 0 bridgehead atoms. The van der Waals surface area contributed by atoms with Crippen LogP contribution in [0.4, 0.5) is 0 Å². The molecule has 2 rings (SSSR count). The Labute approximate surface area is 137 Å². The highest BCUT2D eigenvalue weighted by atomic mass is 16.4. The summed E-state index contributed by atoms with van der Waals surface area (Å²) in [6.45, 7) is 0. The highest BCUT2D eigenvalue weighted by molar-refractivity contribution is 6.20. The molecule has 0 saturated carbocycles. The van der Waals surface area contributed by atoms with Gasteiger partial charge in [-0.3, -0.25) is 0 Å². The van der Waals surface area contributed by atoms with Crippen molar-refractivity contribution in [3.63, 3.8) is 0 Å². The van der Waals surface area contributed by atoms with E-state index in [9.17, 15) is 39.3 Å². The minimum absolute atomic E-state index is 0.405. The molecule has 0 aliphatic rings. The van der Waals surface area contributed by atoms with Gasteiger partial charge in [-0.05, 0) is 29.0 Å². The molecule has 0 amide bonds. The van der Waals surface area contributed by atoms with E-state index in [2.05, 4.69) is 0 Å². The van der Waals surface area contributed by atoms with E-state index in [1.807, 2.05) is 0 Å². The zero-order valence-electron chi connectivity index (χ0n) is 12.0. The first-order chi connectivity index (χ1) is 11.6. The van der Waals surface area contributed by atoms with E-state index in [1.165, 1.54) is 0 Å². The van der Waals surface area contributed by atoms with Gasteiger partial charge in [0.15, 0.2) is 0 Å². The SMILES string of the molecule is O=C(O)c1cc(C(=O)O)c2cc(C(=O)O)c(C(=O)O)c(C(=O)O)c2c1. The molecule has 0 unspecified atom stereocenters. The van der Waals surface area contributed by atoms with E-state index in [1.54, 1.807) is 0 Å². The van der Waals surface area contributed by atoms with Gasteiger partial charge in [0.25, 0.3) is 0 Å². The van der Waals surface area contributed by atoms with Crippen molar-refractivity contribution in [2.75, 3.05) is 0 Å². The van der Waals surface area contributed by atoms with Gasteiger partial charge in [0.05, 0.1) is 27.8 Å². The molecule has 0 aliphatic heterocycles. The fraction of sp³-hybridized carbons (Fsp3) is 0. The van der Waals surface area contributed by atoms with E-state index in [0.717, 1.165) is 12.1 Å². The summed E-state index contributed by atoms with van der Waals surface area (Å²) in [5.41, 5.74) is -4.27. The van der Waals surface area contributed by atoms with Gasteiger partial charge in [0, 0.05) is 0 Å². The van der Waals surface area contributed by atoms with Gasteiger partial charge >= 0.3 is 29.8 Å². The van der Waals surface area contributed by atoms with Crippen LogP contribution in [0.5, 0.6) is 0 Å². The third kappa shape index (κ3) is 2.83. The van der Waals surface area contributed by atoms with E-state index < -0.39 is 68.4 Å². The molecule has 2 aromatic carbocycles. The smallest absolute Gasteiger partial charge is 0.337 e. The van der Waals surface area contributed by atoms with Crippen LogP contribution in [0.15, 0.2) is 18.2 Å². The number of hydrogen-bond donors (Lipinski definition) is 5. The van der Waals surface area contributed by atoms with E-state index in [-0.39, 0.29) is 0 Å². The summed E-state index contributed by atoms with van der Waals surface area (Å²) in [4.78, 5) is 56.7. The summed E-state index contributed by atoms with van der Waals surface area (Å²) in [7, 11) is 0. The zero-order chi connectivity index (χ0) is 19.0. The maximum Gasteiger partial charge on any atom is 0.337 e. The fourth-order valence-electron chi connectivity index (χ4n) is 2.41. The predicted molar refractivity (Wildman–Crippen MR) is 78.7 cm³/mol. The fourth-order valence-corrected chi connectivity index (χ4v) is 2.41. The molecule has 2 aromatic rings. The van der Waals surface area contributed by atoms with Gasteiger partial charge in [-0.25, -0.2) is 24.0 Å². The average molecular weight is 348 g/mol. The van der Waals surface area contributed by atoms with Gasteiger partial charge in [-0.1, -0.05) is 0 Å². The van der Waals surface area contributed by atoms with Crippen LogP contribution < -0.4 is 0 Å². The summed E-state index contributed by atoms with van der Waals surface area (Å²) in [6.07, 6.45) is 0. The Bertz CT molecular complexity index is 986. The lowest BCUT2D eigenvalue weighted by atomic mass is 9.90. The predicted octanol–water partition coefficient (Wildman–Crippen LogP) is 1.33. The van der Waals surface area contributed by atoms with Crippen LogP contribution in [0.25, 0.3) is 10.8 Å². The number of aromatic carboxylic acids is 5. The first-order valence-corrected chi connectivity index (χ1v) is 6.37. The zero-order valence-corrected chi connectivity index (χ0v) is 12.0. The lowest BCUT2D eigenvalue weighted by Crippen LogP contribution is -2.16. The number of carboxylic acid groups (broad SMARTS) is 5. The van der Waals surface area contributed by atoms with Crippen LogP contribution >= 0.6 is 0 Å². The highest BCUT2D eigenvalue weighted by Gasteiger charge is 2.29. The van der Waals surface area contributed by atoms with E-state index >= 15 is 0 Å². The van der Waals surface area contributed by atoms with Crippen molar-refractivity contribution in [3.8, 4) is 0 Å². The van der Waals surface area contributed by atoms with Crippen LogP contribution in [0.3, 0.4) is 0 Å². The number of rotatable bonds is 5. The molecule has 0 aliphatic carbocycles. The summed E-state index contributed by atoms with van der Waals surface area (Å²) in [5, 5.41) is 45.0. The first kappa shape index (κ1) is 17.4. The largest absolute Gasteiger partial charge is 0.478 e. The molecule has 0 atom stereocenters. The van der Waals surface area contributed by atoms with Gasteiger partial charge in [0.1, 0.15) is 0 Å². The molecule has 0 radical (unpaired) electrons. The lowest BCUT2D eigenvalue weighted by molar-refractivity contribution is 0.0633. The Hall–Kier alpha value is -3.95. The first-order valence-electron chi connectivity index (χ1n) is 6.37. The van der Waals surface area contributed by atoms with Crippen LogP contribution in [-0.4, -0.2) is 55.4 Å². The molecule has 0 aromatic heterocycles. The lowest BCUT2D eigenvalue weighted by Gasteiger charge is -2.13. The molecule has 0 spiro atoms. The molecular formula is C15H8O10. The van der Waals surface area contributed by atoms with Crippen molar-refractivity contribution in [1.29, 1.82) is 0 Å². The Morgan fingerprint density at radius 3 is 1.44 bits per heavy atom. The maximum absolute atomic E-state index is 11.5. The third-order valence-electron chi connectivity index (χ3n) is 3.39. The molecule has 0 heterocycles. The number of hydrogen-bond acceptors (Lipinski definition) is 5. The van der Waals surface area contributed by atoms with E-state index in [4.69, 9.17) is 10.2 Å². The maximum atomic E-state index is 11.5. The van der Waals surface area contributed by atoms with Gasteiger partial charge in [0.2, 0.25) is 0 Å². The van der Waals surface area contributed by atoms with Crippen molar-refractivity contribution in [1.82, 2.24) is 0 Å². The van der Waals surface area contributed by atoms with Crippen molar-refractivity contribution < 1.29 is 49.5 Å². The molecule has 5 N–H and O–H groups in total. The van der Waals surface area contributed by atoms with Crippen molar-refractivity contribution in [2.45, 2.75) is 0 Å². The molecule has 25 heavy (non-hydrogen) atoms. The summed E-state index contributed by atoms with van der Waals surface area (Å²) < 4.78 is 0. The number of fused-ring (bicyclic) bond motifs is 1. The number of carboxylic acids is 5. The third-order valence-corrected chi connectivity index (χ3v) is 3.39. The second-order valence-corrected chi connectivity index (χ2v) is 4.82. The topological polar surface area (TPSA) is 186 Å². The minimum atomic E-state index is -1.87. The minimum Gasteiger partial charge on any atom is -0.478 e. The summed E-state index contributed by atoms with van der Waals surface area (Å²) >= 11 is 0. The Kier molecular flexibility index (Phi) is 4.12. The molecule has 0 fully saturated rings. The summed E-state index contributed by atoms with van der Waals surface area (Å²) in [5.74, 6) is -8.69. The van der Waals surface area contributed by atoms with Crippen LogP contribution in [0.1, 0.15) is 51.8 Å². The number of carbonyl (C=O) groups is 5. The molecule has 0 saturated heterocycles. The van der Waals surface area contributed by atoms with Crippen LogP contribution in [0.2, 0.25) is 0 Å². The summed E-state index contributed by atoms with van der Waals surface area (Å²) in [6, 6.07) is 2.21. The molecule has 10 nitrogen and oxygen atoms in total. The number of benzene rings is 2. The van der Waals surface area contributed by atoms with E-state index in [0.29, 0.717) is 6.07 Å². The highest BCUT2D eigenvalue weighted by Crippen LogP contribution is 2.31. The van der Waals surface area contributed by atoms with Crippen LogP contribution in [0, 0.1) is 0 Å². The standard InChI is InChI=1S/C15H8O10/c16-11(17)4-1-6-5(7(2-4)12(18)19)3-8(13(20)21)10(15(24)25)9(6)14(22)23/h1-3H,(H,16,17)(H,18,19)(H,20,21)(H,22,23)(H,24,25). The van der Waals surface area contributed by atoms with Gasteiger partial charge in [-0.15, -0.1) is 0 Å².